The Kier molecular flexibility index (Phi) is 20.5. The van der Waals surface area contributed by atoms with Gasteiger partial charge in [-0.1, -0.05) is 82.6 Å². The van der Waals surface area contributed by atoms with Gasteiger partial charge in [0, 0.05) is 18.8 Å². The monoisotopic (exact) mass is 993 g/mol. The number of allylic oxidation sites excluding steroid dienone is 1. The van der Waals surface area contributed by atoms with Crippen LogP contribution < -0.4 is 16.8 Å². The molecule has 4 fully saturated rings. The van der Waals surface area contributed by atoms with E-state index in [1.54, 1.807) is 0 Å². The lowest BCUT2D eigenvalue weighted by Gasteiger charge is -2.39. The average Bonchev–Trinajstić information content (AvgIpc) is 4.03. The summed E-state index contributed by atoms with van der Waals surface area (Å²) < 4.78 is 72.9. The SMILES string of the molecule is C=C(C)NCc1nnc([C@@H]2CC[C@@H]3CN2C(=O)N3OS(=O)(=O)[O-])s1.CCCC[N+](CCCC)(CCCC)CCCC.NC(N)=NCc1nnc([C@@H]2CC[C@@H]3CN2C(=O)N3OS(=O)(=O)O)s1. The van der Waals surface area contributed by atoms with Crippen molar-refractivity contribution in [3.05, 3.63) is 32.3 Å². The maximum Gasteiger partial charge on any atom is 0.418 e. The number of nitrogens with one attached hydrogen (secondary N) is 1. The van der Waals surface area contributed by atoms with Gasteiger partial charge < -0.3 is 35.6 Å². The number of rotatable bonds is 23. The molecule has 2 aromatic rings. The average molecular weight is 994 g/mol. The van der Waals surface area contributed by atoms with Crippen LogP contribution in [-0.2, 0) is 42.5 Å². The second-order valence-corrected chi connectivity index (χ2v) is 20.8. The molecular weight excluding hydrogens is 927 g/mol. The minimum atomic E-state index is -4.99. The molecule has 368 valence electrons. The van der Waals surface area contributed by atoms with E-state index in [1.807, 2.05) is 6.92 Å². The highest BCUT2D eigenvalue weighted by Crippen LogP contribution is 2.41. The van der Waals surface area contributed by atoms with E-state index < -0.39 is 44.9 Å². The van der Waals surface area contributed by atoms with Crippen molar-refractivity contribution in [2.45, 2.75) is 149 Å². The standard InChI is InChI=1S/C16H36N.C12H17N5O5S2.C10H15N7O5S2/c1-5-9-13-17(14-10-6-2,15-11-7-3)16-12-8-4;1-7(2)13-5-10-14-15-11(23-10)9-4-3-8-6-16(9)12(18)17(8)22-24(19,20)21;11-9(12)13-3-7-14-15-8(23-7)6-2-1-5-4-16(6)10(18)17(5)22-24(19,20)21/h5-16H2,1-4H3;8-9,13H,1,3-6H2,2H3,(H,19,20,21);5-6H,1-4H2,(H4,11,12,13)(H,19,20,21)/q+1;;/p-1/t;8-,9+;5-,6+/m.11/s1. The van der Waals surface area contributed by atoms with Crippen LogP contribution in [0.15, 0.2) is 17.3 Å². The molecule has 0 aliphatic carbocycles. The van der Waals surface area contributed by atoms with Crippen LogP contribution in [0.2, 0.25) is 0 Å². The largest absolute Gasteiger partial charge is 0.724 e. The van der Waals surface area contributed by atoms with Crippen LogP contribution in [0.25, 0.3) is 0 Å². The van der Waals surface area contributed by atoms with Gasteiger partial charge in [-0.05, 0) is 58.3 Å². The lowest BCUT2D eigenvalue weighted by Crippen LogP contribution is -2.50. The molecule has 0 radical (unpaired) electrons. The summed E-state index contributed by atoms with van der Waals surface area (Å²) in [6, 6.07) is -2.80. The van der Waals surface area contributed by atoms with Crippen molar-refractivity contribution in [3.8, 4) is 0 Å². The number of nitrogens with two attached hydrogens (primary N) is 2. The van der Waals surface area contributed by atoms with Crippen molar-refractivity contribution < 1.29 is 48.6 Å². The summed E-state index contributed by atoms with van der Waals surface area (Å²) in [5.41, 5.74) is 11.3. The van der Waals surface area contributed by atoms with Gasteiger partial charge in [0.2, 0.25) is 10.4 Å². The van der Waals surface area contributed by atoms with Gasteiger partial charge in [0.25, 0.3) is 0 Å². The minimum absolute atomic E-state index is 0.0556. The minimum Gasteiger partial charge on any atom is -0.724 e. The molecule has 27 heteroatoms. The molecule has 2 aromatic heterocycles. The van der Waals surface area contributed by atoms with Gasteiger partial charge in [-0.25, -0.2) is 23.0 Å². The number of fused-ring (bicyclic) bond motifs is 4. The van der Waals surface area contributed by atoms with Gasteiger partial charge >= 0.3 is 22.5 Å². The van der Waals surface area contributed by atoms with Crippen molar-refractivity contribution in [1.82, 2.24) is 45.6 Å². The highest BCUT2D eigenvalue weighted by Gasteiger charge is 2.49. The number of aliphatic imine (C=N–C) groups is 1. The highest BCUT2D eigenvalue weighted by molar-refractivity contribution is 7.81. The summed E-state index contributed by atoms with van der Waals surface area (Å²) in [6.07, 6.45) is 13.2. The topological polar surface area (TPSA) is 305 Å². The Morgan fingerprint density at radius 1 is 0.785 bits per heavy atom. The molecule has 4 saturated heterocycles. The maximum atomic E-state index is 12.3. The summed E-state index contributed by atoms with van der Waals surface area (Å²) in [5.74, 6) is -0.0556. The molecule has 23 nitrogen and oxygen atoms in total. The Bertz CT molecular complexity index is 2080. The third-order valence-corrected chi connectivity index (χ3v) is 14.1. The first kappa shape index (κ1) is 53.8. The summed E-state index contributed by atoms with van der Waals surface area (Å²) in [6.45, 7) is 21.9. The zero-order chi connectivity index (χ0) is 48.0. The summed E-state index contributed by atoms with van der Waals surface area (Å²) >= 11 is 2.65. The first-order valence-electron chi connectivity index (χ1n) is 22.2. The molecule has 4 bridgehead atoms. The third kappa shape index (κ3) is 16.2. The summed E-state index contributed by atoms with van der Waals surface area (Å²) in [4.78, 5) is 31.4. The van der Waals surface area contributed by atoms with E-state index in [-0.39, 0.29) is 37.7 Å². The van der Waals surface area contributed by atoms with E-state index in [9.17, 15) is 31.0 Å². The van der Waals surface area contributed by atoms with E-state index in [0.717, 1.165) is 10.7 Å². The molecule has 6 heterocycles. The number of hydrogen-bond acceptors (Lipinski definition) is 17. The molecular formula is C38H67N13O10S4. The van der Waals surface area contributed by atoms with Crippen LogP contribution >= 0.6 is 22.7 Å². The van der Waals surface area contributed by atoms with Crippen molar-refractivity contribution >= 4 is 61.5 Å². The molecule has 0 aromatic carbocycles. The number of carbonyl (C=O) groups is 2. The Labute approximate surface area is 391 Å². The molecule has 6 rings (SSSR count). The fraction of sp³-hybridized carbons (Fsp3) is 0.763. The summed E-state index contributed by atoms with van der Waals surface area (Å²) in [7, 11) is -9.74. The van der Waals surface area contributed by atoms with Crippen LogP contribution in [0.4, 0.5) is 9.59 Å². The maximum absolute atomic E-state index is 12.3. The summed E-state index contributed by atoms with van der Waals surface area (Å²) in [5, 5.41) is 23.3. The Morgan fingerprint density at radius 3 is 1.62 bits per heavy atom. The molecule has 4 atom stereocenters. The number of amides is 4. The first-order valence-corrected chi connectivity index (χ1v) is 26.5. The van der Waals surface area contributed by atoms with Crippen molar-refractivity contribution in [3.63, 3.8) is 0 Å². The number of unbranched alkanes of at least 4 members (excludes halogenated alkanes) is 4. The number of hydrogen-bond donors (Lipinski definition) is 4. The first-order chi connectivity index (χ1) is 30.7. The van der Waals surface area contributed by atoms with Crippen molar-refractivity contribution in [1.29, 1.82) is 0 Å². The second kappa shape index (κ2) is 24.8. The highest BCUT2D eigenvalue weighted by atomic mass is 32.3. The van der Waals surface area contributed by atoms with Crippen LogP contribution in [0.1, 0.15) is 144 Å². The van der Waals surface area contributed by atoms with Crippen LogP contribution in [-0.4, -0.2) is 140 Å². The van der Waals surface area contributed by atoms with E-state index >= 15 is 0 Å². The lowest BCUT2D eigenvalue weighted by molar-refractivity contribution is -0.929. The van der Waals surface area contributed by atoms with Crippen LogP contribution in [0.3, 0.4) is 0 Å². The molecule has 65 heavy (non-hydrogen) atoms. The van der Waals surface area contributed by atoms with Gasteiger partial charge in [0.05, 0.1) is 63.4 Å². The molecule has 4 amide bonds. The number of nitrogens with zero attached hydrogens (tertiary/aromatic N) is 10. The molecule has 4 aliphatic rings. The number of aromatic nitrogens is 4. The number of quaternary nitrogens is 1. The van der Waals surface area contributed by atoms with Gasteiger partial charge in [0.15, 0.2) is 5.96 Å². The van der Waals surface area contributed by atoms with E-state index in [2.05, 4.69) is 73.5 Å². The fourth-order valence-corrected chi connectivity index (χ4v) is 10.8. The van der Waals surface area contributed by atoms with E-state index in [4.69, 9.17) is 16.0 Å². The second-order valence-electron chi connectivity index (χ2n) is 16.6. The molecule has 0 saturated carbocycles. The third-order valence-electron chi connectivity index (χ3n) is 11.4. The Hall–Kier alpha value is -3.83. The fourth-order valence-electron chi connectivity index (χ4n) is 8.14. The smallest absolute Gasteiger partial charge is 0.418 e. The van der Waals surface area contributed by atoms with Crippen molar-refractivity contribution in [2.24, 2.45) is 16.5 Å². The number of guanidine groups is 1. The Balaban J connectivity index is 0.000000218. The van der Waals surface area contributed by atoms with Gasteiger partial charge in [0.1, 0.15) is 20.0 Å². The van der Waals surface area contributed by atoms with Gasteiger partial charge in [-0.2, -0.15) is 22.8 Å². The zero-order valence-electron chi connectivity index (χ0n) is 38.0. The zero-order valence-corrected chi connectivity index (χ0v) is 41.3. The van der Waals surface area contributed by atoms with Crippen molar-refractivity contribution in [2.75, 3.05) is 39.3 Å². The van der Waals surface area contributed by atoms with E-state index in [0.29, 0.717) is 57.4 Å². The predicted octanol–water partition coefficient (Wildman–Crippen LogP) is 4.48. The van der Waals surface area contributed by atoms with Crippen LogP contribution in [0.5, 0.6) is 0 Å². The normalized spacial score (nSPS) is 20.6. The van der Waals surface area contributed by atoms with Crippen LogP contribution in [0, 0.1) is 0 Å². The molecule has 4 aliphatic heterocycles. The van der Waals surface area contributed by atoms with Gasteiger partial charge in [-0.15, -0.1) is 24.7 Å². The quantitative estimate of drug-likeness (QED) is 0.0392. The Morgan fingerprint density at radius 2 is 1.22 bits per heavy atom. The predicted molar refractivity (Wildman–Crippen MR) is 243 cm³/mol. The number of hydroxylamine groups is 4. The number of urea groups is 2. The molecule has 0 spiro atoms. The molecule has 0 unspecified atom stereocenters. The number of carbonyl (C=O) groups excluding carboxylic acids is 2. The number of piperidine rings is 2. The lowest BCUT2D eigenvalue weighted by atomic mass is 10.0. The molecule has 6 N–H and O–H groups in total. The van der Waals surface area contributed by atoms with E-state index in [1.165, 1.54) is 115 Å². The van der Waals surface area contributed by atoms with Gasteiger partial charge in [-0.3, -0.25) is 4.55 Å².